The zero-order valence-corrected chi connectivity index (χ0v) is 10.9. The van der Waals surface area contributed by atoms with Crippen LogP contribution < -0.4 is 11.3 Å². The van der Waals surface area contributed by atoms with E-state index in [0.717, 1.165) is 6.07 Å². The molecule has 0 aliphatic heterocycles. The number of H-pyrrole nitrogens is 1. The number of hydrogen-bond acceptors (Lipinski definition) is 4. The van der Waals surface area contributed by atoms with Crippen LogP contribution in [0.2, 0.25) is 5.02 Å². The lowest BCUT2D eigenvalue weighted by Crippen LogP contribution is -2.11. The van der Waals surface area contributed by atoms with Crippen molar-refractivity contribution in [2.45, 2.75) is 0 Å². The normalized spacial score (nSPS) is 11.3. The number of aromatic nitrogens is 2. The molecule has 0 spiro atoms. The van der Waals surface area contributed by atoms with Crippen molar-refractivity contribution in [2.24, 2.45) is 0 Å². The van der Waals surface area contributed by atoms with Crippen LogP contribution in [0.25, 0.3) is 11.6 Å². The van der Waals surface area contributed by atoms with Crippen molar-refractivity contribution in [2.75, 3.05) is 5.73 Å². The van der Waals surface area contributed by atoms with Gasteiger partial charge < -0.3 is 15.8 Å². The fourth-order valence-electron chi connectivity index (χ4n) is 1.60. The Morgan fingerprint density at radius 3 is 2.55 bits per heavy atom. The van der Waals surface area contributed by atoms with Crippen LogP contribution in [0.3, 0.4) is 0 Å². The molecule has 0 aliphatic carbocycles. The molecule has 6 nitrogen and oxygen atoms in total. The van der Waals surface area contributed by atoms with E-state index in [4.69, 9.17) is 17.3 Å². The molecule has 2 rings (SSSR count). The minimum Gasteiger partial charge on any atom is -0.478 e. The second-order valence-corrected chi connectivity index (χ2v) is 4.36. The Kier molecular flexibility index (Phi) is 3.86. The van der Waals surface area contributed by atoms with E-state index in [1.165, 1.54) is 6.08 Å². The van der Waals surface area contributed by atoms with E-state index in [1.54, 1.807) is 24.3 Å². The number of carboxylic acids is 1. The van der Waals surface area contributed by atoms with Gasteiger partial charge in [-0.3, -0.25) is 4.79 Å². The molecule has 0 saturated carbocycles. The second kappa shape index (κ2) is 5.58. The Balaban J connectivity index is 2.52. The molecule has 0 aliphatic rings. The van der Waals surface area contributed by atoms with E-state index in [1.807, 2.05) is 0 Å². The van der Waals surface area contributed by atoms with Gasteiger partial charge in [-0.15, -0.1) is 0 Å². The monoisotopic (exact) mass is 291 g/mol. The molecular weight excluding hydrogens is 282 g/mol. The standard InChI is InChI=1S/C13H10ClN3O3/c14-8-3-1-7(2-4-8)9(13(19)20)5-11-16-10(15)6-12(18)17-11/h1-6H,(H,19,20)(H3,15,16,17,18)/b9-5-. The summed E-state index contributed by atoms with van der Waals surface area (Å²) in [5.74, 6) is -1.07. The first-order chi connectivity index (χ1) is 9.45. The fourth-order valence-corrected chi connectivity index (χ4v) is 1.72. The van der Waals surface area contributed by atoms with Crippen LogP contribution in [0.1, 0.15) is 11.4 Å². The third-order valence-electron chi connectivity index (χ3n) is 2.45. The molecule has 1 aromatic heterocycles. The summed E-state index contributed by atoms with van der Waals surface area (Å²) in [6.07, 6.45) is 1.24. The number of aliphatic carboxylic acids is 1. The van der Waals surface area contributed by atoms with Crippen LogP contribution in [0.5, 0.6) is 0 Å². The van der Waals surface area contributed by atoms with Gasteiger partial charge in [0.05, 0.1) is 5.57 Å². The van der Waals surface area contributed by atoms with E-state index in [9.17, 15) is 14.7 Å². The third kappa shape index (κ3) is 3.24. The molecule has 0 fully saturated rings. The van der Waals surface area contributed by atoms with Crippen LogP contribution in [-0.2, 0) is 4.79 Å². The molecule has 7 heteroatoms. The minimum absolute atomic E-state index is 0.0147. The van der Waals surface area contributed by atoms with Crippen molar-refractivity contribution < 1.29 is 9.90 Å². The average molecular weight is 292 g/mol. The van der Waals surface area contributed by atoms with Crippen LogP contribution in [0, 0.1) is 0 Å². The number of nitrogens with zero attached hydrogens (tertiary/aromatic N) is 1. The van der Waals surface area contributed by atoms with Crippen molar-refractivity contribution in [3.8, 4) is 0 Å². The number of halogens is 1. The highest BCUT2D eigenvalue weighted by Crippen LogP contribution is 2.19. The first kappa shape index (κ1) is 13.8. The van der Waals surface area contributed by atoms with Gasteiger partial charge in [-0.25, -0.2) is 9.78 Å². The number of carbonyl (C=O) groups is 1. The molecule has 0 amide bonds. The van der Waals surface area contributed by atoms with E-state index < -0.39 is 11.5 Å². The number of nitrogens with two attached hydrogens (primary N) is 1. The van der Waals surface area contributed by atoms with Gasteiger partial charge in [0.1, 0.15) is 11.6 Å². The lowest BCUT2D eigenvalue weighted by Gasteiger charge is -2.03. The number of nitrogens with one attached hydrogen (secondary N) is 1. The Labute approximate surface area is 118 Å². The van der Waals surface area contributed by atoms with Gasteiger partial charge in [-0.2, -0.15) is 0 Å². The Bertz CT molecular complexity index is 735. The average Bonchev–Trinajstić information content (AvgIpc) is 2.36. The van der Waals surface area contributed by atoms with Crippen molar-refractivity contribution >= 4 is 35.0 Å². The number of aromatic amines is 1. The lowest BCUT2D eigenvalue weighted by molar-refractivity contribution is -0.130. The second-order valence-electron chi connectivity index (χ2n) is 3.93. The van der Waals surface area contributed by atoms with Crippen molar-refractivity contribution in [3.05, 3.63) is 57.1 Å². The smallest absolute Gasteiger partial charge is 0.336 e. The number of hydrogen-bond donors (Lipinski definition) is 3. The van der Waals surface area contributed by atoms with E-state index in [-0.39, 0.29) is 17.2 Å². The molecule has 4 N–H and O–H groups in total. The Morgan fingerprint density at radius 2 is 2.00 bits per heavy atom. The lowest BCUT2D eigenvalue weighted by atomic mass is 10.1. The SMILES string of the molecule is Nc1cc(=O)[nH]c(/C=C(\C(=O)O)c2ccc(Cl)cc2)n1. The van der Waals surface area contributed by atoms with Gasteiger partial charge in [-0.1, -0.05) is 23.7 Å². The van der Waals surface area contributed by atoms with E-state index in [2.05, 4.69) is 9.97 Å². The topological polar surface area (TPSA) is 109 Å². The first-order valence-corrected chi connectivity index (χ1v) is 5.91. The van der Waals surface area contributed by atoms with Crippen LogP contribution in [0.4, 0.5) is 5.82 Å². The summed E-state index contributed by atoms with van der Waals surface area (Å²) in [5.41, 5.74) is 5.40. The zero-order valence-electron chi connectivity index (χ0n) is 10.1. The maximum atomic E-state index is 11.3. The predicted molar refractivity (Wildman–Crippen MR) is 76.2 cm³/mol. The quantitative estimate of drug-likeness (QED) is 0.745. The van der Waals surface area contributed by atoms with Crippen molar-refractivity contribution in [1.29, 1.82) is 0 Å². The first-order valence-electron chi connectivity index (χ1n) is 5.53. The van der Waals surface area contributed by atoms with Crippen LogP contribution in [0.15, 0.2) is 35.1 Å². The van der Waals surface area contributed by atoms with Crippen LogP contribution in [-0.4, -0.2) is 21.0 Å². The molecule has 102 valence electrons. The summed E-state index contributed by atoms with van der Waals surface area (Å²) in [6, 6.07) is 7.38. The maximum Gasteiger partial charge on any atom is 0.336 e. The van der Waals surface area contributed by atoms with Gasteiger partial charge in [-0.05, 0) is 23.8 Å². The highest BCUT2D eigenvalue weighted by atomic mass is 35.5. The summed E-state index contributed by atoms with van der Waals surface area (Å²) in [4.78, 5) is 28.8. The van der Waals surface area contributed by atoms with Gasteiger partial charge >= 0.3 is 5.97 Å². The summed E-state index contributed by atoms with van der Waals surface area (Å²) in [7, 11) is 0. The number of carboxylic acid groups (broad SMARTS) is 1. The molecule has 0 radical (unpaired) electrons. The Morgan fingerprint density at radius 1 is 1.35 bits per heavy atom. The molecule has 0 unspecified atom stereocenters. The molecule has 0 saturated heterocycles. The highest BCUT2D eigenvalue weighted by Gasteiger charge is 2.11. The van der Waals surface area contributed by atoms with Gasteiger partial charge in [0.2, 0.25) is 0 Å². The van der Waals surface area contributed by atoms with Gasteiger partial charge in [0.25, 0.3) is 5.56 Å². The van der Waals surface area contributed by atoms with E-state index >= 15 is 0 Å². The highest BCUT2D eigenvalue weighted by molar-refractivity contribution is 6.30. The molecule has 20 heavy (non-hydrogen) atoms. The maximum absolute atomic E-state index is 11.3. The van der Waals surface area contributed by atoms with Crippen LogP contribution >= 0.6 is 11.6 Å². The molecule has 2 aromatic rings. The predicted octanol–water partition coefficient (Wildman–Crippen LogP) is 1.63. The largest absolute Gasteiger partial charge is 0.478 e. The number of anilines is 1. The van der Waals surface area contributed by atoms with Gasteiger partial charge in [0.15, 0.2) is 0 Å². The Hall–Kier alpha value is -2.60. The fraction of sp³-hybridized carbons (Fsp3) is 0. The van der Waals surface area contributed by atoms with E-state index in [0.29, 0.717) is 10.6 Å². The number of benzene rings is 1. The molecular formula is C13H10ClN3O3. The third-order valence-corrected chi connectivity index (χ3v) is 2.70. The summed E-state index contributed by atoms with van der Waals surface area (Å²) in [5, 5.41) is 9.74. The summed E-state index contributed by atoms with van der Waals surface area (Å²) < 4.78 is 0. The molecule has 0 atom stereocenters. The minimum atomic E-state index is -1.16. The summed E-state index contributed by atoms with van der Waals surface area (Å²) >= 11 is 5.75. The van der Waals surface area contributed by atoms with Gasteiger partial charge in [0, 0.05) is 11.1 Å². The molecule has 1 aromatic carbocycles. The van der Waals surface area contributed by atoms with Crippen molar-refractivity contribution in [1.82, 2.24) is 9.97 Å². The molecule has 0 bridgehead atoms. The summed E-state index contributed by atoms with van der Waals surface area (Å²) in [6.45, 7) is 0. The molecule has 1 heterocycles. The zero-order chi connectivity index (χ0) is 14.7. The van der Waals surface area contributed by atoms with Crippen molar-refractivity contribution in [3.63, 3.8) is 0 Å². The number of nitrogen functional groups attached to an aromatic ring is 1. The number of rotatable bonds is 3.